The molecule has 2 heterocycles. The molecule has 8 heteroatoms. The fourth-order valence-corrected chi connectivity index (χ4v) is 5.11. The van der Waals surface area contributed by atoms with Gasteiger partial charge >= 0.3 is 0 Å². The van der Waals surface area contributed by atoms with Crippen LogP contribution in [0, 0.1) is 0 Å². The lowest BCUT2D eigenvalue weighted by atomic mass is 10.2. The zero-order valence-electron chi connectivity index (χ0n) is 17.9. The molecule has 0 aliphatic heterocycles. The third-order valence-electron chi connectivity index (χ3n) is 5.09. The number of unbranched alkanes of at least 4 members (excludes halogenated alkanes) is 1. The summed E-state index contributed by atoms with van der Waals surface area (Å²) in [5.41, 5.74) is 0.768. The Hall–Kier alpha value is -2.97. The molecule has 0 unspecified atom stereocenters. The molecule has 0 aliphatic carbocycles. The average Bonchev–Trinajstić information content (AvgIpc) is 3.41. The van der Waals surface area contributed by atoms with Crippen LogP contribution in [0.3, 0.4) is 0 Å². The van der Waals surface area contributed by atoms with Crippen molar-refractivity contribution in [1.82, 2.24) is 9.69 Å². The fourth-order valence-electron chi connectivity index (χ4n) is 3.39. The highest BCUT2D eigenvalue weighted by atomic mass is 32.1. The van der Waals surface area contributed by atoms with E-state index in [1.54, 1.807) is 0 Å². The van der Waals surface area contributed by atoms with Gasteiger partial charge in [-0.25, -0.2) is 0 Å². The van der Waals surface area contributed by atoms with E-state index < -0.39 is 0 Å². The first-order valence-electron chi connectivity index (χ1n) is 10.8. The number of benzene rings is 2. The van der Waals surface area contributed by atoms with Gasteiger partial charge in [-0.1, -0.05) is 25.5 Å². The first-order valence-corrected chi connectivity index (χ1v) is 12.4. The monoisotopic (exact) mass is 466 g/mol. The van der Waals surface area contributed by atoms with Crippen LogP contribution in [0.25, 0.3) is 20.2 Å². The van der Waals surface area contributed by atoms with Crippen molar-refractivity contribution in [2.45, 2.75) is 32.6 Å². The van der Waals surface area contributed by atoms with Crippen molar-refractivity contribution in [3.8, 4) is 0 Å². The standard InChI is InChI=1S/C24H26N4O2S2/c1-2-3-9-22(29)27-17-10-11-19-16(14-17)15-21(31-19)24(30)26-13-6-12-25-23-18-7-4-5-8-20(18)32-28-23/h4-5,7-8,10-11,14-15H,2-3,6,9,12-13H2,1H3,(H,25,28)(H,26,30)(H,27,29). The van der Waals surface area contributed by atoms with E-state index in [0.29, 0.717) is 17.8 Å². The summed E-state index contributed by atoms with van der Waals surface area (Å²) in [5.74, 6) is 0.858. The van der Waals surface area contributed by atoms with Crippen LogP contribution in [0.5, 0.6) is 0 Å². The Bertz CT molecular complexity index is 1230. The van der Waals surface area contributed by atoms with Gasteiger partial charge in [0.05, 0.1) is 9.58 Å². The van der Waals surface area contributed by atoms with Gasteiger partial charge < -0.3 is 16.0 Å². The Morgan fingerprint density at radius 2 is 1.88 bits per heavy atom. The summed E-state index contributed by atoms with van der Waals surface area (Å²) < 4.78 is 6.65. The molecule has 32 heavy (non-hydrogen) atoms. The van der Waals surface area contributed by atoms with Crippen molar-refractivity contribution >= 4 is 66.4 Å². The van der Waals surface area contributed by atoms with Crippen molar-refractivity contribution < 1.29 is 9.59 Å². The van der Waals surface area contributed by atoms with Gasteiger partial charge in [0, 0.05) is 35.3 Å². The number of hydrogen-bond acceptors (Lipinski definition) is 6. The molecule has 0 saturated heterocycles. The Labute approximate surface area is 195 Å². The molecule has 2 aromatic heterocycles. The van der Waals surface area contributed by atoms with Crippen LogP contribution in [0.4, 0.5) is 11.5 Å². The molecule has 0 saturated carbocycles. The van der Waals surface area contributed by atoms with E-state index in [2.05, 4.69) is 39.4 Å². The van der Waals surface area contributed by atoms with Gasteiger partial charge in [-0.05, 0) is 66.2 Å². The first kappa shape index (κ1) is 22.2. The quantitative estimate of drug-likeness (QED) is 0.255. The van der Waals surface area contributed by atoms with Crippen LogP contribution < -0.4 is 16.0 Å². The maximum Gasteiger partial charge on any atom is 0.261 e. The maximum atomic E-state index is 12.6. The van der Waals surface area contributed by atoms with Gasteiger partial charge in [-0.3, -0.25) is 9.59 Å². The third kappa shape index (κ3) is 5.44. The van der Waals surface area contributed by atoms with Crippen LogP contribution in [-0.4, -0.2) is 29.3 Å². The van der Waals surface area contributed by atoms with E-state index >= 15 is 0 Å². The van der Waals surface area contributed by atoms with Gasteiger partial charge in [-0.2, -0.15) is 4.37 Å². The van der Waals surface area contributed by atoms with Gasteiger partial charge in [0.1, 0.15) is 5.82 Å². The van der Waals surface area contributed by atoms with Crippen LogP contribution in [0.15, 0.2) is 48.5 Å². The summed E-state index contributed by atoms with van der Waals surface area (Å²) in [5, 5.41) is 11.4. The number of hydrogen-bond donors (Lipinski definition) is 3. The third-order valence-corrected chi connectivity index (χ3v) is 7.03. The van der Waals surface area contributed by atoms with Crippen molar-refractivity contribution in [3.05, 3.63) is 53.4 Å². The number of carbonyl (C=O) groups excluding carboxylic acids is 2. The van der Waals surface area contributed by atoms with Gasteiger partial charge in [0.2, 0.25) is 5.91 Å². The van der Waals surface area contributed by atoms with E-state index in [0.717, 1.165) is 57.5 Å². The van der Waals surface area contributed by atoms with E-state index in [1.807, 2.05) is 36.4 Å². The van der Waals surface area contributed by atoms with Crippen molar-refractivity contribution in [3.63, 3.8) is 0 Å². The molecule has 0 aliphatic rings. The highest BCUT2D eigenvalue weighted by Crippen LogP contribution is 2.28. The smallest absolute Gasteiger partial charge is 0.261 e. The number of amides is 2. The Kier molecular flexibility index (Phi) is 7.34. The van der Waals surface area contributed by atoms with Crippen LogP contribution in [0.2, 0.25) is 0 Å². The van der Waals surface area contributed by atoms with E-state index in [1.165, 1.54) is 22.9 Å². The Morgan fingerprint density at radius 1 is 1.00 bits per heavy atom. The molecule has 166 valence electrons. The molecule has 2 amide bonds. The molecule has 2 aromatic carbocycles. The van der Waals surface area contributed by atoms with E-state index in [4.69, 9.17) is 0 Å². The van der Waals surface area contributed by atoms with Crippen LogP contribution in [0.1, 0.15) is 42.3 Å². The van der Waals surface area contributed by atoms with Crippen molar-refractivity contribution in [2.75, 3.05) is 23.7 Å². The van der Waals surface area contributed by atoms with Crippen molar-refractivity contribution in [1.29, 1.82) is 0 Å². The SMILES string of the molecule is CCCCC(=O)Nc1ccc2sc(C(=O)NCCCNc3nsc4ccccc34)cc2c1. The zero-order chi connectivity index (χ0) is 22.3. The minimum absolute atomic E-state index is 0.0265. The molecular formula is C24H26N4O2S2. The largest absolute Gasteiger partial charge is 0.369 e. The number of rotatable bonds is 10. The lowest BCUT2D eigenvalue weighted by Gasteiger charge is -2.05. The lowest BCUT2D eigenvalue weighted by Crippen LogP contribution is -2.25. The highest BCUT2D eigenvalue weighted by Gasteiger charge is 2.11. The summed E-state index contributed by atoms with van der Waals surface area (Å²) in [6.45, 7) is 3.39. The van der Waals surface area contributed by atoms with E-state index in [-0.39, 0.29) is 11.8 Å². The molecule has 0 fully saturated rings. The molecule has 0 atom stereocenters. The number of thiophene rings is 1. The number of fused-ring (bicyclic) bond motifs is 2. The normalized spacial score (nSPS) is 11.0. The molecule has 0 radical (unpaired) electrons. The minimum Gasteiger partial charge on any atom is -0.369 e. The van der Waals surface area contributed by atoms with Gasteiger partial charge in [-0.15, -0.1) is 11.3 Å². The zero-order valence-corrected chi connectivity index (χ0v) is 19.6. The lowest BCUT2D eigenvalue weighted by molar-refractivity contribution is -0.116. The van der Waals surface area contributed by atoms with Crippen molar-refractivity contribution in [2.24, 2.45) is 0 Å². The highest BCUT2D eigenvalue weighted by molar-refractivity contribution is 7.20. The molecule has 0 bridgehead atoms. The first-order chi connectivity index (χ1) is 15.6. The predicted molar refractivity (Wildman–Crippen MR) is 135 cm³/mol. The average molecular weight is 467 g/mol. The summed E-state index contributed by atoms with van der Waals surface area (Å²) in [6.07, 6.45) is 3.20. The predicted octanol–water partition coefficient (Wildman–Crippen LogP) is 5.87. The number of nitrogens with one attached hydrogen (secondary N) is 3. The second-order valence-corrected chi connectivity index (χ2v) is 9.47. The number of aromatic nitrogens is 1. The molecule has 0 spiro atoms. The second-order valence-electron chi connectivity index (χ2n) is 7.58. The maximum absolute atomic E-state index is 12.6. The molecule has 6 nitrogen and oxygen atoms in total. The molecular weight excluding hydrogens is 440 g/mol. The minimum atomic E-state index is -0.0705. The molecule has 4 rings (SSSR count). The summed E-state index contributed by atoms with van der Waals surface area (Å²) >= 11 is 2.95. The number of carbonyl (C=O) groups is 2. The van der Waals surface area contributed by atoms with Crippen LogP contribution in [-0.2, 0) is 4.79 Å². The molecule has 4 aromatic rings. The van der Waals surface area contributed by atoms with Gasteiger partial charge in [0.25, 0.3) is 5.91 Å². The number of anilines is 2. The van der Waals surface area contributed by atoms with E-state index in [9.17, 15) is 9.59 Å². The fraction of sp³-hybridized carbons (Fsp3) is 0.292. The Morgan fingerprint density at radius 3 is 2.75 bits per heavy atom. The summed E-state index contributed by atoms with van der Waals surface area (Å²) in [4.78, 5) is 25.2. The molecule has 3 N–H and O–H groups in total. The number of nitrogens with zero attached hydrogens (tertiary/aromatic N) is 1. The topological polar surface area (TPSA) is 83.1 Å². The Balaban J connectivity index is 1.26. The van der Waals surface area contributed by atoms with Gasteiger partial charge in [0.15, 0.2) is 0 Å². The summed E-state index contributed by atoms with van der Waals surface area (Å²) in [6, 6.07) is 15.8. The van der Waals surface area contributed by atoms with Crippen LogP contribution >= 0.6 is 22.9 Å². The second kappa shape index (κ2) is 10.6. The summed E-state index contributed by atoms with van der Waals surface area (Å²) in [7, 11) is 0.